The third-order valence-electron chi connectivity index (χ3n) is 4.30. The highest BCUT2D eigenvalue weighted by atomic mass is 16.5. The summed E-state index contributed by atoms with van der Waals surface area (Å²) in [7, 11) is 0. The number of ketones is 1. The van der Waals surface area contributed by atoms with E-state index in [2.05, 4.69) is 11.1 Å². The van der Waals surface area contributed by atoms with Crippen LogP contribution in [-0.4, -0.2) is 10.8 Å². The molecule has 0 saturated carbocycles. The Morgan fingerprint density at radius 2 is 1.96 bits per heavy atom. The van der Waals surface area contributed by atoms with Gasteiger partial charge < -0.3 is 4.74 Å². The van der Waals surface area contributed by atoms with E-state index in [0.29, 0.717) is 23.3 Å². The molecule has 1 unspecified atom stereocenters. The van der Waals surface area contributed by atoms with Crippen LogP contribution in [0.2, 0.25) is 0 Å². The van der Waals surface area contributed by atoms with Gasteiger partial charge in [0.2, 0.25) is 0 Å². The predicted molar refractivity (Wildman–Crippen MR) is 93.1 cm³/mol. The number of ether oxygens (including phenoxy) is 1. The molecule has 2 heterocycles. The van der Waals surface area contributed by atoms with Gasteiger partial charge in [-0.2, -0.15) is 5.26 Å². The van der Waals surface area contributed by atoms with Gasteiger partial charge in [0.25, 0.3) is 0 Å². The summed E-state index contributed by atoms with van der Waals surface area (Å²) in [6, 6.07) is 18.8. The van der Waals surface area contributed by atoms with Gasteiger partial charge in [-0.05, 0) is 41.5 Å². The highest BCUT2D eigenvalue weighted by molar-refractivity contribution is 6.01. The van der Waals surface area contributed by atoms with Crippen molar-refractivity contribution in [3.05, 3.63) is 83.7 Å². The second kappa shape index (κ2) is 6.21. The lowest BCUT2D eigenvalue weighted by Crippen LogP contribution is -2.20. The van der Waals surface area contributed by atoms with E-state index in [1.54, 1.807) is 18.5 Å². The third kappa shape index (κ3) is 2.88. The molecule has 0 fully saturated rings. The molecule has 0 N–H and O–H groups in total. The number of hydrogen-bond acceptors (Lipinski definition) is 4. The van der Waals surface area contributed by atoms with Crippen molar-refractivity contribution in [3.63, 3.8) is 0 Å². The number of nitrogens with zero attached hydrogens (tertiary/aromatic N) is 2. The van der Waals surface area contributed by atoms with Crippen LogP contribution >= 0.6 is 0 Å². The van der Waals surface area contributed by atoms with Crippen molar-refractivity contribution in [2.45, 2.75) is 12.5 Å². The second-order valence-corrected chi connectivity index (χ2v) is 5.92. The standard InChI is InChI=1S/C21H14N2O2/c22-12-14-3-1-4-15(9-14)16-6-7-20-18(10-16)19(24)11-21(25-20)17-5-2-8-23-13-17/h1-10,13,21H,11H2. The molecular weight excluding hydrogens is 312 g/mol. The normalized spacial score (nSPS) is 15.8. The smallest absolute Gasteiger partial charge is 0.170 e. The zero-order valence-corrected chi connectivity index (χ0v) is 13.3. The van der Waals surface area contributed by atoms with Crippen molar-refractivity contribution in [3.8, 4) is 22.9 Å². The van der Waals surface area contributed by atoms with Crippen LogP contribution in [0.3, 0.4) is 0 Å². The Morgan fingerprint density at radius 1 is 1.08 bits per heavy atom. The van der Waals surface area contributed by atoms with Crippen LogP contribution in [0.5, 0.6) is 5.75 Å². The lowest BCUT2D eigenvalue weighted by Gasteiger charge is -2.25. The van der Waals surface area contributed by atoms with Crippen molar-refractivity contribution in [1.29, 1.82) is 5.26 Å². The number of fused-ring (bicyclic) bond motifs is 1. The summed E-state index contributed by atoms with van der Waals surface area (Å²) in [4.78, 5) is 16.7. The number of carbonyl (C=O) groups excluding carboxylic acids is 1. The highest BCUT2D eigenvalue weighted by Crippen LogP contribution is 2.37. The summed E-state index contributed by atoms with van der Waals surface area (Å²) in [5.74, 6) is 0.638. The lowest BCUT2D eigenvalue weighted by molar-refractivity contribution is 0.0850. The number of pyridine rings is 1. The average Bonchev–Trinajstić information content (AvgIpc) is 2.68. The molecule has 0 amide bonds. The molecular formula is C21H14N2O2. The van der Waals surface area contributed by atoms with Crippen molar-refractivity contribution in [2.24, 2.45) is 0 Å². The van der Waals surface area contributed by atoms with E-state index in [-0.39, 0.29) is 11.9 Å². The van der Waals surface area contributed by atoms with Gasteiger partial charge >= 0.3 is 0 Å². The Kier molecular flexibility index (Phi) is 3.75. The SMILES string of the molecule is N#Cc1cccc(-c2ccc3c(c2)C(=O)CC(c2cccnc2)O3)c1. The molecule has 4 nitrogen and oxygen atoms in total. The molecule has 3 aromatic rings. The highest BCUT2D eigenvalue weighted by Gasteiger charge is 2.28. The molecule has 1 aromatic heterocycles. The van der Waals surface area contributed by atoms with Crippen LogP contribution in [0.25, 0.3) is 11.1 Å². The summed E-state index contributed by atoms with van der Waals surface area (Å²) >= 11 is 0. The molecule has 1 atom stereocenters. The number of benzene rings is 2. The van der Waals surface area contributed by atoms with E-state index in [9.17, 15) is 4.79 Å². The maximum absolute atomic E-state index is 12.6. The first-order valence-corrected chi connectivity index (χ1v) is 7.99. The first kappa shape index (κ1) is 15.1. The first-order chi connectivity index (χ1) is 12.2. The molecule has 0 aliphatic carbocycles. The van der Waals surface area contributed by atoms with Gasteiger partial charge in [-0.3, -0.25) is 9.78 Å². The van der Waals surface area contributed by atoms with E-state index >= 15 is 0 Å². The van der Waals surface area contributed by atoms with Crippen molar-refractivity contribution in [2.75, 3.05) is 0 Å². The average molecular weight is 326 g/mol. The minimum absolute atomic E-state index is 0.0494. The van der Waals surface area contributed by atoms with Crippen LogP contribution in [0.1, 0.15) is 34.0 Å². The molecule has 1 aliphatic heterocycles. The number of hydrogen-bond donors (Lipinski definition) is 0. The number of nitriles is 1. The third-order valence-corrected chi connectivity index (χ3v) is 4.30. The second-order valence-electron chi connectivity index (χ2n) is 5.92. The summed E-state index contributed by atoms with van der Waals surface area (Å²) < 4.78 is 6.01. The van der Waals surface area contributed by atoms with Crippen molar-refractivity contribution < 1.29 is 9.53 Å². The van der Waals surface area contributed by atoms with Crippen LogP contribution in [0.4, 0.5) is 0 Å². The van der Waals surface area contributed by atoms with Crippen molar-refractivity contribution in [1.82, 2.24) is 4.98 Å². The maximum Gasteiger partial charge on any atom is 0.170 e. The zero-order valence-electron chi connectivity index (χ0n) is 13.3. The van der Waals surface area contributed by atoms with E-state index in [0.717, 1.165) is 16.7 Å². The first-order valence-electron chi connectivity index (χ1n) is 7.99. The largest absolute Gasteiger partial charge is 0.484 e. The quantitative estimate of drug-likeness (QED) is 0.703. The minimum atomic E-state index is -0.304. The number of Topliss-reactive ketones (excluding diaryl/α,β-unsaturated/α-hetero) is 1. The molecule has 4 heteroatoms. The molecule has 0 saturated heterocycles. The van der Waals surface area contributed by atoms with Crippen molar-refractivity contribution >= 4 is 5.78 Å². The minimum Gasteiger partial charge on any atom is -0.484 e. The lowest BCUT2D eigenvalue weighted by atomic mass is 9.94. The molecule has 4 rings (SSSR count). The molecule has 1 aliphatic rings. The number of aromatic nitrogens is 1. The predicted octanol–water partition coefficient (Wildman–Crippen LogP) is 4.33. The Labute approximate surface area is 145 Å². The van der Waals surface area contributed by atoms with Gasteiger partial charge in [-0.25, -0.2) is 0 Å². The fourth-order valence-corrected chi connectivity index (χ4v) is 3.02. The Morgan fingerprint density at radius 3 is 2.76 bits per heavy atom. The van der Waals surface area contributed by atoms with Crippen LogP contribution < -0.4 is 4.74 Å². The fraction of sp³-hybridized carbons (Fsp3) is 0.0952. The van der Waals surface area contributed by atoms with Gasteiger partial charge in [-0.1, -0.05) is 24.3 Å². The summed E-state index contributed by atoms with van der Waals surface area (Å²) in [6.07, 6.45) is 3.41. The van der Waals surface area contributed by atoms with Gasteiger partial charge in [0.15, 0.2) is 5.78 Å². The van der Waals surface area contributed by atoms with E-state index in [4.69, 9.17) is 10.00 Å². The maximum atomic E-state index is 12.6. The van der Waals surface area contributed by atoms with Crippen LogP contribution in [0.15, 0.2) is 67.0 Å². The van der Waals surface area contributed by atoms with E-state index in [1.807, 2.05) is 48.5 Å². The molecule has 25 heavy (non-hydrogen) atoms. The monoisotopic (exact) mass is 326 g/mol. The molecule has 120 valence electrons. The van der Waals surface area contributed by atoms with Crippen LogP contribution in [0, 0.1) is 11.3 Å². The zero-order chi connectivity index (χ0) is 17.2. The number of rotatable bonds is 2. The fourth-order valence-electron chi connectivity index (χ4n) is 3.02. The van der Waals surface area contributed by atoms with Gasteiger partial charge in [-0.15, -0.1) is 0 Å². The molecule has 2 aromatic carbocycles. The Hall–Kier alpha value is -3.45. The Bertz CT molecular complexity index is 990. The van der Waals surface area contributed by atoms with E-state index < -0.39 is 0 Å². The van der Waals surface area contributed by atoms with Gasteiger partial charge in [0.1, 0.15) is 11.9 Å². The van der Waals surface area contributed by atoms with E-state index in [1.165, 1.54) is 0 Å². The topological polar surface area (TPSA) is 63.0 Å². The molecule has 0 spiro atoms. The summed E-state index contributed by atoms with van der Waals surface area (Å²) in [6.45, 7) is 0. The molecule has 0 bridgehead atoms. The van der Waals surface area contributed by atoms with Gasteiger partial charge in [0.05, 0.1) is 23.6 Å². The Balaban J connectivity index is 1.69. The molecule has 0 radical (unpaired) electrons. The summed E-state index contributed by atoms with van der Waals surface area (Å²) in [5, 5.41) is 9.05. The van der Waals surface area contributed by atoms with Crippen LogP contribution in [-0.2, 0) is 0 Å². The number of carbonyl (C=O) groups is 1. The van der Waals surface area contributed by atoms with Gasteiger partial charge in [0, 0.05) is 18.0 Å². The summed E-state index contributed by atoms with van der Waals surface area (Å²) in [5.41, 5.74) is 3.87.